The van der Waals surface area contributed by atoms with Crippen LogP contribution < -0.4 is 5.43 Å². The van der Waals surface area contributed by atoms with E-state index in [0.717, 1.165) is 16.8 Å². The maximum Gasteiger partial charge on any atom is 0.250 e. The SMILES string of the molecule is Cc1nn(C)cc1/C=N/NC(=O)CSc1nnc(-c2ccc(Cl)cc2)n1C. The number of nitrogens with one attached hydrogen (secondary N) is 1. The lowest BCUT2D eigenvalue weighted by molar-refractivity contribution is -0.118. The molecular formula is C17H18ClN7OS. The van der Waals surface area contributed by atoms with Gasteiger partial charge in [-0.25, -0.2) is 5.43 Å². The molecule has 1 aromatic carbocycles. The molecule has 0 aliphatic carbocycles. The summed E-state index contributed by atoms with van der Waals surface area (Å²) in [5.74, 6) is 0.657. The van der Waals surface area contributed by atoms with Gasteiger partial charge in [-0.15, -0.1) is 10.2 Å². The lowest BCUT2D eigenvalue weighted by Gasteiger charge is -2.03. The van der Waals surface area contributed by atoms with Crippen molar-refractivity contribution in [3.8, 4) is 11.4 Å². The molecule has 0 fully saturated rings. The number of benzene rings is 1. The summed E-state index contributed by atoms with van der Waals surface area (Å²) in [5, 5.41) is 17.8. The average molecular weight is 404 g/mol. The molecule has 0 saturated heterocycles. The largest absolute Gasteiger partial charge is 0.305 e. The van der Waals surface area contributed by atoms with Crippen LogP contribution in [0.1, 0.15) is 11.3 Å². The van der Waals surface area contributed by atoms with Crippen molar-refractivity contribution in [1.29, 1.82) is 0 Å². The van der Waals surface area contributed by atoms with Crippen LogP contribution in [0.5, 0.6) is 0 Å². The van der Waals surface area contributed by atoms with Crippen LogP contribution in [-0.4, -0.2) is 42.4 Å². The zero-order valence-electron chi connectivity index (χ0n) is 15.0. The van der Waals surface area contributed by atoms with Crippen LogP contribution in [0.2, 0.25) is 5.02 Å². The first-order valence-corrected chi connectivity index (χ1v) is 9.40. The van der Waals surface area contributed by atoms with E-state index in [1.807, 2.05) is 43.9 Å². The zero-order chi connectivity index (χ0) is 19.4. The predicted molar refractivity (Wildman–Crippen MR) is 106 cm³/mol. The van der Waals surface area contributed by atoms with Crippen molar-refractivity contribution in [2.24, 2.45) is 19.2 Å². The smallest absolute Gasteiger partial charge is 0.250 e. The normalized spacial score (nSPS) is 11.3. The van der Waals surface area contributed by atoms with Crippen molar-refractivity contribution in [2.45, 2.75) is 12.1 Å². The molecule has 0 unspecified atom stereocenters. The molecular weight excluding hydrogens is 386 g/mol. The molecule has 3 rings (SSSR count). The third-order valence-electron chi connectivity index (χ3n) is 3.71. The minimum absolute atomic E-state index is 0.177. The van der Waals surface area contributed by atoms with E-state index in [1.54, 1.807) is 23.0 Å². The molecule has 140 valence electrons. The number of halogens is 1. The molecule has 3 aromatic rings. The van der Waals surface area contributed by atoms with Crippen molar-refractivity contribution in [3.05, 3.63) is 46.7 Å². The molecule has 0 aliphatic rings. The lowest BCUT2D eigenvalue weighted by atomic mass is 10.2. The molecule has 0 saturated carbocycles. The van der Waals surface area contributed by atoms with Crippen LogP contribution in [0, 0.1) is 6.92 Å². The Morgan fingerprint density at radius 2 is 2.04 bits per heavy atom. The van der Waals surface area contributed by atoms with E-state index in [4.69, 9.17) is 11.6 Å². The second-order valence-corrected chi connectivity index (χ2v) is 7.18. The van der Waals surface area contributed by atoms with Crippen LogP contribution in [0.25, 0.3) is 11.4 Å². The molecule has 2 aromatic heterocycles. The number of rotatable bonds is 6. The first kappa shape index (κ1) is 19.1. The minimum Gasteiger partial charge on any atom is -0.305 e. The van der Waals surface area contributed by atoms with Gasteiger partial charge in [0.25, 0.3) is 5.91 Å². The fourth-order valence-electron chi connectivity index (χ4n) is 2.37. The van der Waals surface area contributed by atoms with Crippen molar-refractivity contribution in [2.75, 3.05) is 5.75 Å². The summed E-state index contributed by atoms with van der Waals surface area (Å²) < 4.78 is 3.53. The van der Waals surface area contributed by atoms with E-state index in [-0.39, 0.29) is 11.7 Å². The van der Waals surface area contributed by atoms with Crippen molar-refractivity contribution in [3.63, 3.8) is 0 Å². The molecule has 0 bridgehead atoms. The maximum absolute atomic E-state index is 12.0. The van der Waals surface area contributed by atoms with E-state index in [0.29, 0.717) is 16.0 Å². The van der Waals surface area contributed by atoms with Crippen molar-refractivity contribution in [1.82, 2.24) is 30.0 Å². The molecule has 1 amide bonds. The van der Waals surface area contributed by atoms with E-state index < -0.39 is 0 Å². The summed E-state index contributed by atoms with van der Waals surface area (Å²) in [6.45, 7) is 1.88. The Balaban J connectivity index is 1.56. The number of carbonyl (C=O) groups excluding carboxylic acids is 1. The Kier molecular flexibility index (Phi) is 5.92. The van der Waals surface area contributed by atoms with Gasteiger partial charge in [0.05, 0.1) is 17.7 Å². The topological polar surface area (TPSA) is 90.0 Å². The van der Waals surface area contributed by atoms with Crippen LogP contribution >= 0.6 is 23.4 Å². The summed E-state index contributed by atoms with van der Waals surface area (Å²) in [7, 11) is 3.69. The van der Waals surface area contributed by atoms with Crippen LogP contribution in [0.15, 0.2) is 40.7 Å². The number of hydrazone groups is 1. The number of nitrogens with zero attached hydrogens (tertiary/aromatic N) is 6. The first-order valence-electron chi connectivity index (χ1n) is 8.04. The number of hydrogen-bond donors (Lipinski definition) is 1. The number of carbonyl (C=O) groups is 1. The highest BCUT2D eigenvalue weighted by Gasteiger charge is 2.12. The van der Waals surface area contributed by atoms with Crippen molar-refractivity contribution < 1.29 is 4.79 Å². The second kappa shape index (κ2) is 8.36. The standard InChI is InChI=1S/C17H18ClN7OS/c1-11-13(9-24(2)23-11)8-19-20-15(26)10-27-17-22-21-16(25(17)3)12-4-6-14(18)7-5-12/h4-9H,10H2,1-3H3,(H,20,26)/b19-8+. The molecule has 27 heavy (non-hydrogen) atoms. The van der Waals surface area contributed by atoms with Gasteiger partial charge in [0.15, 0.2) is 11.0 Å². The van der Waals surface area contributed by atoms with E-state index in [1.165, 1.54) is 11.8 Å². The third-order valence-corrected chi connectivity index (χ3v) is 4.99. The fraction of sp³-hybridized carbons (Fsp3) is 0.235. The molecule has 0 radical (unpaired) electrons. The Hall–Kier alpha value is -2.65. The Bertz CT molecular complexity index is 978. The van der Waals surface area contributed by atoms with E-state index in [9.17, 15) is 4.79 Å². The van der Waals surface area contributed by atoms with Gasteiger partial charge in [-0.1, -0.05) is 23.4 Å². The molecule has 0 spiro atoms. The Morgan fingerprint density at radius 1 is 1.30 bits per heavy atom. The lowest BCUT2D eigenvalue weighted by Crippen LogP contribution is -2.20. The van der Waals surface area contributed by atoms with Gasteiger partial charge in [-0.3, -0.25) is 9.48 Å². The van der Waals surface area contributed by atoms with Gasteiger partial charge < -0.3 is 4.57 Å². The molecule has 10 heteroatoms. The van der Waals surface area contributed by atoms with Crippen LogP contribution in [-0.2, 0) is 18.9 Å². The van der Waals surface area contributed by atoms with Gasteiger partial charge in [0.1, 0.15) is 0 Å². The highest BCUT2D eigenvalue weighted by Crippen LogP contribution is 2.23. The van der Waals surface area contributed by atoms with E-state index in [2.05, 4.69) is 25.8 Å². The number of thioether (sulfide) groups is 1. The monoisotopic (exact) mass is 403 g/mol. The first-order chi connectivity index (χ1) is 12.9. The summed E-state index contributed by atoms with van der Waals surface area (Å²) in [6, 6.07) is 7.35. The van der Waals surface area contributed by atoms with Crippen LogP contribution in [0.4, 0.5) is 0 Å². The maximum atomic E-state index is 12.0. The van der Waals surface area contributed by atoms with Gasteiger partial charge in [-0.05, 0) is 31.2 Å². The molecule has 8 nitrogen and oxygen atoms in total. The number of amides is 1. The number of aromatic nitrogens is 5. The highest BCUT2D eigenvalue weighted by atomic mass is 35.5. The zero-order valence-corrected chi connectivity index (χ0v) is 16.6. The fourth-order valence-corrected chi connectivity index (χ4v) is 3.20. The second-order valence-electron chi connectivity index (χ2n) is 5.80. The van der Waals surface area contributed by atoms with Gasteiger partial charge >= 0.3 is 0 Å². The predicted octanol–water partition coefficient (Wildman–Crippen LogP) is 2.42. The Morgan fingerprint density at radius 3 is 2.70 bits per heavy atom. The molecule has 2 heterocycles. The summed E-state index contributed by atoms with van der Waals surface area (Å²) >= 11 is 7.20. The summed E-state index contributed by atoms with van der Waals surface area (Å²) in [4.78, 5) is 12.0. The quantitative estimate of drug-likeness (QED) is 0.388. The van der Waals surface area contributed by atoms with Gasteiger partial charge in [0, 0.05) is 36.4 Å². The average Bonchev–Trinajstić information content (AvgIpc) is 3.15. The Labute approximate surface area is 165 Å². The molecule has 1 N–H and O–H groups in total. The van der Waals surface area contributed by atoms with E-state index >= 15 is 0 Å². The summed E-state index contributed by atoms with van der Waals surface area (Å²) in [5.41, 5.74) is 5.11. The van der Waals surface area contributed by atoms with Crippen molar-refractivity contribution >= 4 is 35.5 Å². The van der Waals surface area contributed by atoms with Gasteiger partial charge in [0.2, 0.25) is 0 Å². The highest BCUT2D eigenvalue weighted by molar-refractivity contribution is 7.99. The van der Waals surface area contributed by atoms with Crippen LogP contribution in [0.3, 0.4) is 0 Å². The third kappa shape index (κ3) is 4.75. The minimum atomic E-state index is -0.228. The number of aryl methyl sites for hydroxylation is 2. The molecule has 0 aliphatic heterocycles. The number of hydrogen-bond acceptors (Lipinski definition) is 6. The summed E-state index contributed by atoms with van der Waals surface area (Å²) in [6.07, 6.45) is 3.41. The molecule has 0 atom stereocenters. The van der Waals surface area contributed by atoms with Gasteiger partial charge in [-0.2, -0.15) is 10.2 Å².